The first-order chi connectivity index (χ1) is 12.1. The summed E-state index contributed by atoms with van der Waals surface area (Å²) in [5, 5.41) is 0. The number of alkyl halides is 3. The van der Waals surface area contributed by atoms with E-state index in [0.29, 0.717) is 6.07 Å². The number of benzene rings is 2. The first kappa shape index (κ1) is 19.4. The quantitative estimate of drug-likeness (QED) is 0.821. The van der Waals surface area contributed by atoms with Gasteiger partial charge in [0.1, 0.15) is 12.4 Å². The number of carbonyl (C=O) groups is 2. The minimum absolute atomic E-state index is 0.0946. The number of hydrogen-bond acceptors (Lipinski definition) is 2. The van der Waals surface area contributed by atoms with Crippen LogP contribution in [0.4, 0.5) is 17.6 Å². The molecule has 2 amide bonds. The van der Waals surface area contributed by atoms with Crippen LogP contribution in [0.3, 0.4) is 0 Å². The van der Waals surface area contributed by atoms with Crippen LogP contribution in [0.1, 0.15) is 34.5 Å². The van der Waals surface area contributed by atoms with E-state index in [1.54, 1.807) is 18.2 Å². The summed E-state index contributed by atoms with van der Waals surface area (Å²) in [7, 11) is 0. The van der Waals surface area contributed by atoms with Gasteiger partial charge in [0.15, 0.2) is 0 Å². The van der Waals surface area contributed by atoms with Crippen molar-refractivity contribution in [1.29, 1.82) is 0 Å². The molecule has 4 nitrogen and oxygen atoms in total. The molecule has 0 spiro atoms. The normalized spacial score (nSPS) is 12.5. The molecule has 1 atom stereocenters. The molecule has 2 rings (SSSR count). The van der Waals surface area contributed by atoms with Crippen molar-refractivity contribution >= 4 is 11.8 Å². The Hall–Kier alpha value is -2.90. The summed E-state index contributed by atoms with van der Waals surface area (Å²) in [5.41, 5.74) is 4.13. The van der Waals surface area contributed by atoms with Crippen molar-refractivity contribution in [2.45, 2.75) is 19.1 Å². The van der Waals surface area contributed by atoms with Crippen molar-refractivity contribution in [2.24, 2.45) is 5.73 Å². The lowest BCUT2D eigenvalue weighted by molar-refractivity contribution is -0.137. The highest BCUT2D eigenvalue weighted by atomic mass is 19.4. The van der Waals surface area contributed by atoms with E-state index in [4.69, 9.17) is 5.73 Å². The van der Waals surface area contributed by atoms with Gasteiger partial charge in [0.2, 0.25) is 5.91 Å². The molecule has 0 bridgehead atoms. The van der Waals surface area contributed by atoms with Crippen molar-refractivity contribution in [1.82, 2.24) is 4.90 Å². The van der Waals surface area contributed by atoms with Gasteiger partial charge >= 0.3 is 6.18 Å². The maximum absolute atomic E-state index is 13.7. The number of primary amides is 1. The average molecular weight is 368 g/mol. The number of rotatable bonds is 5. The molecule has 0 aromatic heterocycles. The Bertz CT molecular complexity index is 807. The number of hydrogen-bond donors (Lipinski definition) is 1. The Morgan fingerprint density at radius 3 is 2.27 bits per heavy atom. The zero-order valence-electron chi connectivity index (χ0n) is 13.8. The van der Waals surface area contributed by atoms with E-state index < -0.39 is 42.0 Å². The van der Waals surface area contributed by atoms with Crippen LogP contribution in [-0.4, -0.2) is 23.3 Å². The molecule has 0 fully saturated rings. The SMILES string of the molecule is CC(c1cc(F)cc(C(F)(F)F)c1)N(CC(N)=O)C(=O)c1ccccc1. The van der Waals surface area contributed by atoms with E-state index >= 15 is 0 Å². The molecule has 138 valence electrons. The number of amides is 2. The largest absolute Gasteiger partial charge is 0.416 e. The molecule has 8 heteroatoms. The Labute approximate surface area is 147 Å². The topological polar surface area (TPSA) is 63.4 Å². The molecular weight excluding hydrogens is 352 g/mol. The molecule has 0 aliphatic heterocycles. The molecule has 0 saturated carbocycles. The minimum atomic E-state index is -4.74. The third-order valence-corrected chi connectivity index (χ3v) is 3.81. The number of nitrogens with two attached hydrogens (primary N) is 1. The maximum atomic E-state index is 13.7. The van der Waals surface area contributed by atoms with Crippen LogP contribution < -0.4 is 5.73 Å². The lowest BCUT2D eigenvalue weighted by atomic mass is 10.0. The van der Waals surface area contributed by atoms with Gasteiger partial charge in [-0.05, 0) is 42.8 Å². The van der Waals surface area contributed by atoms with Gasteiger partial charge in [-0.2, -0.15) is 13.2 Å². The van der Waals surface area contributed by atoms with Crippen LogP contribution in [0, 0.1) is 5.82 Å². The zero-order valence-corrected chi connectivity index (χ0v) is 13.8. The summed E-state index contributed by atoms with van der Waals surface area (Å²) in [4.78, 5) is 25.0. The predicted molar refractivity (Wildman–Crippen MR) is 86.5 cm³/mol. The lowest BCUT2D eigenvalue weighted by Gasteiger charge is -2.29. The van der Waals surface area contributed by atoms with E-state index in [1.165, 1.54) is 19.1 Å². The second-order valence-corrected chi connectivity index (χ2v) is 5.71. The Morgan fingerprint density at radius 2 is 1.73 bits per heavy atom. The molecule has 2 aromatic rings. The Balaban J connectivity index is 2.44. The van der Waals surface area contributed by atoms with Gasteiger partial charge in [-0.3, -0.25) is 9.59 Å². The molecular formula is C18H16F4N2O2. The van der Waals surface area contributed by atoms with Crippen LogP contribution in [0.25, 0.3) is 0 Å². The van der Waals surface area contributed by atoms with E-state index in [1.807, 2.05) is 0 Å². The third kappa shape index (κ3) is 4.59. The molecule has 0 aliphatic rings. The molecule has 0 heterocycles. The second-order valence-electron chi connectivity index (χ2n) is 5.71. The van der Waals surface area contributed by atoms with Gasteiger partial charge < -0.3 is 10.6 Å². The van der Waals surface area contributed by atoms with Crippen LogP contribution in [0.5, 0.6) is 0 Å². The molecule has 1 unspecified atom stereocenters. The fourth-order valence-corrected chi connectivity index (χ4v) is 2.50. The van der Waals surface area contributed by atoms with Crippen LogP contribution in [0.15, 0.2) is 48.5 Å². The van der Waals surface area contributed by atoms with Crippen molar-refractivity contribution in [3.8, 4) is 0 Å². The fourth-order valence-electron chi connectivity index (χ4n) is 2.50. The summed E-state index contributed by atoms with van der Waals surface area (Å²) >= 11 is 0. The molecule has 0 aliphatic carbocycles. The van der Waals surface area contributed by atoms with Crippen molar-refractivity contribution in [3.63, 3.8) is 0 Å². The molecule has 26 heavy (non-hydrogen) atoms. The first-order valence-electron chi connectivity index (χ1n) is 7.61. The smallest absolute Gasteiger partial charge is 0.368 e. The minimum Gasteiger partial charge on any atom is -0.368 e. The molecule has 0 radical (unpaired) electrons. The Kier molecular flexibility index (Phi) is 5.64. The van der Waals surface area contributed by atoms with Crippen molar-refractivity contribution in [2.75, 3.05) is 6.54 Å². The number of nitrogens with zero attached hydrogens (tertiary/aromatic N) is 1. The molecule has 2 N–H and O–H groups in total. The van der Waals surface area contributed by atoms with Gasteiger partial charge in [-0.25, -0.2) is 4.39 Å². The lowest BCUT2D eigenvalue weighted by Crippen LogP contribution is -2.40. The standard InChI is InChI=1S/C18H16F4N2O2/c1-11(13-7-14(18(20,21)22)9-15(19)8-13)24(10-16(23)25)17(26)12-5-3-2-4-6-12/h2-9,11H,10H2,1H3,(H2,23,25). The van der Waals surface area contributed by atoms with E-state index in [0.717, 1.165) is 17.0 Å². The van der Waals surface area contributed by atoms with Crippen LogP contribution >= 0.6 is 0 Å². The van der Waals surface area contributed by atoms with Gasteiger partial charge in [-0.15, -0.1) is 0 Å². The molecule has 0 saturated heterocycles. The van der Waals surface area contributed by atoms with Gasteiger partial charge in [0, 0.05) is 5.56 Å². The van der Waals surface area contributed by atoms with Gasteiger partial charge in [0.25, 0.3) is 5.91 Å². The second kappa shape index (κ2) is 7.55. The summed E-state index contributed by atoms with van der Waals surface area (Å²) < 4.78 is 52.4. The average Bonchev–Trinajstić information content (AvgIpc) is 2.57. The highest BCUT2D eigenvalue weighted by Gasteiger charge is 2.33. The summed E-state index contributed by atoms with van der Waals surface area (Å²) in [6.45, 7) is 0.880. The summed E-state index contributed by atoms with van der Waals surface area (Å²) in [6, 6.07) is 8.88. The highest BCUT2D eigenvalue weighted by molar-refractivity contribution is 5.96. The predicted octanol–water partition coefficient (Wildman–Crippen LogP) is 3.53. The highest BCUT2D eigenvalue weighted by Crippen LogP contribution is 2.33. The van der Waals surface area contributed by atoms with E-state index in [9.17, 15) is 27.2 Å². The van der Waals surface area contributed by atoms with E-state index in [2.05, 4.69) is 0 Å². The third-order valence-electron chi connectivity index (χ3n) is 3.81. The van der Waals surface area contributed by atoms with Crippen LogP contribution in [-0.2, 0) is 11.0 Å². The van der Waals surface area contributed by atoms with E-state index in [-0.39, 0.29) is 11.1 Å². The van der Waals surface area contributed by atoms with Gasteiger partial charge in [0.05, 0.1) is 11.6 Å². The maximum Gasteiger partial charge on any atom is 0.416 e. The summed E-state index contributed by atoms with van der Waals surface area (Å²) in [6.07, 6.45) is -4.74. The molecule has 2 aromatic carbocycles. The Morgan fingerprint density at radius 1 is 1.12 bits per heavy atom. The summed E-state index contributed by atoms with van der Waals surface area (Å²) in [5.74, 6) is -2.53. The van der Waals surface area contributed by atoms with Crippen molar-refractivity contribution in [3.05, 3.63) is 71.0 Å². The number of halogens is 4. The zero-order chi connectivity index (χ0) is 19.5. The van der Waals surface area contributed by atoms with Gasteiger partial charge in [-0.1, -0.05) is 18.2 Å². The number of carbonyl (C=O) groups excluding carboxylic acids is 2. The fraction of sp³-hybridized carbons (Fsp3) is 0.222. The van der Waals surface area contributed by atoms with Crippen LogP contribution in [0.2, 0.25) is 0 Å². The monoisotopic (exact) mass is 368 g/mol. The first-order valence-corrected chi connectivity index (χ1v) is 7.61. The van der Waals surface area contributed by atoms with Crippen molar-refractivity contribution < 1.29 is 27.2 Å².